The van der Waals surface area contributed by atoms with Crippen molar-refractivity contribution >= 4 is 11.9 Å². The standard InChI is InChI=1S/C15H17F2NO3/c16-12-4-1-5-13(17)11(12)8-14(19)18-6-2-3-10(9-18)7-15(20)21/h1,4-5,10H,2-3,6-9H2,(H,20,21). The molecule has 114 valence electrons. The molecule has 0 radical (unpaired) electrons. The Morgan fingerprint density at radius 2 is 1.95 bits per heavy atom. The van der Waals surface area contributed by atoms with Crippen LogP contribution in [0.5, 0.6) is 0 Å². The lowest BCUT2D eigenvalue weighted by Crippen LogP contribution is -2.41. The zero-order valence-electron chi connectivity index (χ0n) is 11.5. The van der Waals surface area contributed by atoms with Crippen molar-refractivity contribution in [2.45, 2.75) is 25.7 Å². The second kappa shape index (κ2) is 6.65. The second-order valence-corrected chi connectivity index (χ2v) is 5.32. The molecule has 1 N–H and O–H groups in total. The fourth-order valence-electron chi connectivity index (χ4n) is 2.67. The average molecular weight is 297 g/mol. The molecule has 1 aliphatic heterocycles. The Hall–Kier alpha value is -1.98. The molecule has 1 heterocycles. The van der Waals surface area contributed by atoms with Crippen molar-refractivity contribution < 1.29 is 23.5 Å². The van der Waals surface area contributed by atoms with E-state index >= 15 is 0 Å². The maximum absolute atomic E-state index is 13.5. The Labute approximate surface area is 121 Å². The highest BCUT2D eigenvalue weighted by molar-refractivity contribution is 5.79. The van der Waals surface area contributed by atoms with Gasteiger partial charge in [-0.15, -0.1) is 0 Å². The van der Waals surface area contributed by atoms with Crippen LogP contribution in [0.3, 0.4) is 0 Å². The van der Waals surface area contributed by atoms with Gasteiger partial charge in [-0.2, -0.15) is 0 Å². The summed E-state index contributed by atoms with van der Waals surface area (Å²) in [6.07, 6.45) is 1.14. The summed E-state index contributed by atoms with van der Waals surface area (Å²) >= 11 is 0. The van der Waals surface area contributed by atoms with Crippen molar-refractivity contribution in [2.24, 2.45) is 5.92 Å². The maximum Gasteiger partial charge on any atom is 0.303 e. The SMILES string of the molecule is O=C(O)CC1CCCN(C(=O)Cc2c(F)cccc2F)C1. The van der Waals surface area contributed by atoms with Gasteiger partial charge in [0.05, 0.1) is 6.42 Å². The number of piperidine rings is 1. The average Bonchev–Trinajstić information content (AvgIpc) is 2.42. The Bertz CT molecular complexity index is 527. The number of hydrogen-bond acceptors (Lipinski definition) is 2. The number of benzene rings is 1. The number of carbonyl (C=O) groups excluding carboxylic acids is 1. The highest BCUT2D eigenvalue weighted by atomic mass is 19.1. The number of halogens is 2. The van der Waals surface area contributed by atoms with Gasteiger partial charge in [-0.25, -0.2) is 8.78 Å². The lowest BCUT2D eigenvalue weighted by atomic mass is 9.94. The zero-order valence-corrected chi connectivity index (χ0v) is 11.5. The molecule has 1 unspecified atom stereocenters. The van der Waals surface area contributed by atoms with Crippen molar-refractivity contribution in [3.8, 4) is 0 Å². The highest BCUT2D eigenvalue weighted by Gasteiger charge is 2.26. The largest absolute Gasteiger partial charge is 0.481 e. The molecule has 0 spiro atoms. The summed E-state index contributed by atoms with van der Waals surface area (Å²) in [5.74, 6) is -2.82. The number of carbonyl (C=O) groups is 2. The number of carboxylic acid groups (broad SMARTS) is 1. The van der Waals surface area contributed by atoms with Crippen molar-refractivity contribution in [3.05, 3.63) is 35.4 Å². The van der Waals surface area contributed by atoms with Crippen LogP contribution in [0, 0.1) is 17.6 Å². The number of rotatable bonds is 4. The third-order valence-corrected chi connectivity index (χ3v) is 3.72. The van der Waals surface area contributed by atoms with Gasteiger partial charge in [0.2, 0.25) is 5.91 Å². The molecule has 6 heteroatoms. The van der Waals surface area contributed by atoms with Gasteiger partial charge in [-0.1, -0.05) is 6.07 Å². The third-order valence-electron chi connectivity index (χ3n) is 3.72. The van der Waals surface area contributed by atoms with Gasteiger partial charge >= 0.3 is 5.97 Å². The minimum atomic E-state index is -0.894. The zero-order chi connectivity index (χ0) is 15.4. The van der Waals surface area contributed by atoms with Crippen LogP contribution in [0.2, 0.25) is 0 Å². The van der Waals surface area contributed by atoms with E-state index in [0.717, 1.165) is 18.6 Å². The molecule has 1 atom stereocenters. The van der Waals surface area contributed by atoms with Crippen LogP contribution in [0.1, 0.15) is 24.8 Å². The molecule has 1 amide bonds. The summed E-state index contributed by atoms with van der Waals surface area (Å²) < 4.78 is 27.1. The Morgan fingerprint density at radius 1 is 1.29 bits per heavy atom. The number of amides is 1. The summed E-state index contributed by atoms with van der Waals surface area (Å²) in [6, 6.07) is 3.49. The number of likely N-dealkylation sites (tertiary alicyclic amines) is 1. The summed E-state index contributed by atoms with van der Waals surface area (Å²) in [5, 5.41) is 8.80. The normalized spacial score (nSPS) is 18.6. The minimum Gasteiger partial charge on any atom is -0.481 e. The van der Waals surface area contributed by atoms with E-state index in [0.29, 0.717) is 19.5 Å². The van der Waals surface area contributed by atoms with Crippen molar-refractivity contribution in [1.82, 2.24) is 4.90 Å². The summed E-state index contributed by atoms with van der Waals surface area (Å²) in [6.45, 7) is 0.840. The number of aliphatic carboxylic acids is 1. The number of carboxylic acids is 1. The van der Waals surface area contributed by atoms with Crippen LogP contribution in [-0.4, -0.2) is 35.0 Å². The summed E-state index contributed by atoms with van der Waals surface area (Å²) in [7, 11) is 0. The molecule has 0 saturated carbocycles. The van der Waals surface area contributed by atoms with Crippen LogP contribution >= 0.6 is 0 Å². The van der Waals surface area contributed by atoms with Crippen LogP contribution in [-0.2, 0) is 16.0 Å². The van der Waals surface area contributed by atoms with Crippen molar-refractivity contribution in [2.75, 3.05) is 13.1 Å². The minimum absolute atomic E-state index is 0.0117. The van der Waals surface area contributed by atoms with E-state index in [1.54, 1.807) is 0 Å². The van der Waals surface area contributed by atoms with Crippen LogP contribution in [0.15, 0.2) is 18.2 Å². The molecule has 1 aromatic rings. The van der Waals surface area contributed by atoms with Crippen molar-refractivity contribution in [3.63, 3.8) is 0 Å². The summed E-state index contributed by atoms with van der Waals surface area (Å²) in [5.41, 5.74) is -0.233. The van der Waals surface area contributed by atoms with Crippen LogP contribution in [0.25, 0.3) is 0 Å². The molecular formula is C15H17F2NO3. The van der Waals surface area contributed by atoms with E-state index in [9.17, 15) is 18.4 Å². The Balaban J connectivity index is 2.01. The molecular weight excluding hydrogens is 280 g/mol. The first-order chi connectivity index (χ1) is 9.97. The molecule has 1 saturated heterocycles. The van der Waals surface area contributed by atoms with Gasteiger partial charge in [-0.05, 0) is 30.9 Å². The molecule has 0 bridgehead atoms. The molecule has 2 rings (SSSR count). The predicted molar refractivity (Wildman–Crippen MR) is 71.6 cm³/mol. The Morgan fingerprint density at radius 3 is 2.57 bits per heavy atom. The monoisotopic (exact) mass is 297 g/mol. The fraction of sp³-hybridized carbons (Fsp3) is 0.467. The van der Waals surface area contributed by atoms with Crippen LogP contribution < -0.4 is 0 Å². The lowest BCUT2D eigenvalue weighted by Gasteiger charge is -2.32. The van der Waals surface area contributed by atoms with Crippen molar-refractivity contribution in [1.29, 1.82) is 0 Å². The number of hydrogen-bond donors (Lipinski definition) is 1. The maximum atomic E-state index is 13.5. The smallest absolute Gasteiger partial charge is 0.303 e. The molecule has 1 aromatic carbocycles. The van der Waals surface area contributed by atoms with Gasteiger partial charge < -0.3 is 10.0 Å². The molecule has 1 aliphatic rings. The quantitative estimate of drug-likeness (QED) is 0.927. The van der Waals surface area contributed by atoms with Gasteiger partial charge in [0.1, 0.15) is 11.6 Å². The van der Waals surface area contributed by atoms with E-state index in [-0.39, 0.29) is 30.2 Å². The second-order valence-electron chi connectivity index (χ2n) is 5.32. The first-order valence-corrected chi connectivity index (χ1v) is 6.90. The molecule has 0 aliphatic carbocycles. The third kappa shape index (κ3) is 4.00. The molecule has 1 fully saturated rings. The number of nitrogens with zero attached hydrogens (tertiary/aromatic N) is 1. The molecule has 21 heavy (non-hydrogen) atoms. The van der Waals surface area contributed by atoms with E-state index < -0.39 is 17.6 Å². The Kier molecular flexibility index (Phi) is 4.88. The first-order valence-electron chi connectivity index (χ1n) is 6.90. The van der Waals surface area contributed by atoms with Gasteiger partial charge in [0.25, 0.3) is 0 Å². The van der Waals surface area contributed by atoms with Crippen LogP contribution in [0.4, 0.5) is 8.78 Å². The summed E-state index contributed by atoms with van der Waals surface area (Å²) in [4.78, 5) is 24.4. The van der Waals surface area contributed by atoms with Gasteiger partial charge in [0, 0.05) is 25.1 Å². The van der Waals surface area contributed by atoms with E-state index in [1.807, 2.05) is 0 Å². The van der Waals surface area contributed by atoms with E-state index in [2.05, 4.69) is 0 Å². The van der Waals surface area contributed by atoms with Gasteiger partial charge in [-0.3, -0.25) is 9.59 Å². The first kappa shape index (κ1) is 15.4. The molecule has 0 aromatic heterocycles. The topological polar surface area (TPSA) is 57.6 Å². The highest BCUT2D eigenvalue weighted by Crippen LogP contribution is 2.21. The van der Waals surface area contributed by atoms with E-state index in [4.69, 9.17) is 5.11 Å². The predicted octanol–water partition coefficient (Wildman–Crippen LogP) is 2.22. The van der Waals surface area contributed by atoms with E-state index in [1.165, 1.54) is 11.0 Å². The molecule has 4 nitrogen and oxygen atoms in total. The fourth-order valence-corrected chi connectivity index (χ4v) is 2.67. The van der Waals surface area contributed by atoms with Gasteiger partial charge in [0.15, 0.2) is 0 Å². The lowest BCUT2D eigenvalue weighted by molar-refractivity contribution is -0.140.